The number of rotatable bonds is 8. The standard InChI is InChI=1S/C27H25N3O4/c1-2-26(32)28-21-15-13-20(14-16-21)25(31)18-34-27(33)23-17-24(19-9-5-3-6-10-19)30(29-23)22-11-7-4-8-12-22/h3-16,24H,2,17-18H2,1H3,(H,28,32). The van der Waals surface area contributed by atoms with Gasteiger partial charge in [-0.2, -0.15) is 5.10 Å². The highest BCUT2D eigenvalue weighted by molar-refractivity contribution is 6.37. The molecule has 1 aliphatic rings. The normalized spacial score (nSPS) is 14.9. The third-order valence-corrected chi connectivity index (χ3v) is 5.50. The fourth-order valence-corrected chi connectivity index (χ4v) is 3.67. The molecule has 7 nitrogen and oxygen atoms in total. The molecule has 1 N–H and O–H groups in total. The predicted octanol–water partition coefficient (Wildman–Crippen LogP) is 4.77. The molecule has 0 bridgehead atoms. The molecule has 0 fully saturated rings. The van der Waals surface area contributed by atoms with Crippen molar-refractivity contribution >= 4 is 34.7 Å². The highest BCUT2D eigenvalue weighted by Gasteiger charge is 2.33. The van der Waals surface area contributed by atoms with Gasteiger partial charge in [-0.3, -0.25) is 14.6 Å². The Kier molecular flexibility index (Phi) is 7.13. The lowest BCUT2D eigenvalue weighted by molar-refractivity contribution is -0.134. The molecule has 1 heterocycles. The number of ether oxygens (including phenoxy) is 1. The summed E-state index contributed by atoms with van der Waals surface area (Å²) in [7, 11) is 0. The maximum absolute atomic E-state index is 12.8. The van der Waals surface area contributed by atoms with E-state index in [1.165, 1.54) is 0 Å². The first-order valence-corrected chi connectivity index (χ1v) is 11.1. The van der Waals surface area contributed by atoms with Gasteiger partial charge in [0.15, 0.2) is 12.4 Å². The molecule has 34 heavy (non-hydrogen) atoms. The van der Waals surface area contributed by atoms with Crippen LogP contribution in [0.2, 0.25) is 0 Å². The molecule has 4 rings (SSSR count). The Morgan fingerprint density at radius 1 is 0.941 bits per heavy atom. The fourth-order valence-electron chi connectivity index (χ4n) is 3.67. The minimum Gasteiger partial charge on any atom is -0.453 e. The Morgan fingerprint density at radius 2 is 1.59 bits per heavy atom. The molecule has 0 saturated heterocycles. The largest absolute Gasteiger partial charge is 0.453 e. The number of para-hydroxylation sites is 1. The monoisotopic (exact) mass is 455 g/mol. The van der Waals surface area contributed by atoms with Crippen molar-refractivity contribution in [2.45, 2.75) is 25.8 Å². The number of amides is 1. The number of Topliss-reactive ketones (excluding diaryl/α,β-unsaturated/α-hetero) is 1. The zero-order valence-electron chi connectivity index (χ0n) is 18.8. The van der Waals surface area contributed by atoms with E-state index in [0.29, 0.717) is 24.1 Å². The Labute approximate surface area is 198 Å². The second-order valence-electron chi connectivity index (χ2n) is 7.84. The van der Waals surface area contributed by atoms with E-state index >= 15 is 0 Å². The van der Waals surface area contributed by atoms with Gasteiger partial charge in [0.25, 0.3) is 0 Å². The van der Waals surface area contributed by atoms with E-state index in [-0.39, 0.29) is 30.1 Å². The molecule has 3 aromatic carbocycles. The van der Waals surface area contributed by atoms with Crippen molar-refractivity contribution in [1.29, 1.82) is 0 Å². The zero-order valence-corrected chi connectivity index (χ0v) is 18.8. The van der Waals surface area contributed by atoms with Gasteiger partial charge >= 0.3 is 5.97 Å². The fraction of sp³-hybridized carbons (Fsp3) is 0.185. The Bertz CT molecular complexity index is 1190. The van der Waals surface area contributed by atoms with Gasteiger partial charge < -0.3 is 10.1 Å². The molecular weight excluding hydrogens is 430 g/mol. The van der Waals surface area contributed by atoms with Gasteiger partial charge in [-0.1, -0.05) is 55.5 Å². The number of hydrogen-bond acceptors (Lipinski definition) is 6. The summed E-state index contributed by atoms with van der Waals surface area (Å²) in [6, 6.07) is 25.8. The molecule has 0 saturated carbocycles. The Balaban J connectivity index is 1.42. The van der Waals surface area contributed by atoms with Crippen LogP contribution in [-0.4, -0.2) is 30.0 Å². The number of hydrogen-bond donors (Lipinski definition) is 1. The van der Waals surface area contributed by atoms with Gasteiger partial charge in [0.2, 0.25) is 5.91 Å². The first-order chi connectivity index (χ1) is 16.5. The molecule has 0 radical (unpaired) electrons. The lowest BCUT2D eigenvalue weighted by atomic mass is 10.0. The Hall–Kier alpha value is -4.26. The van der Waals surface area contributed by atoms with E-state index in [4.69, 9.17) is 4.74 Å². The van der Waals surface area contributed by atoms with Crippen molar-refractivity contribution in [2.75, 3.05) is 16.9 Å². The van der Waals surface area contributed by atoms with E-state index in [1.807, 2.05) is 65.7 Å². The number of ketones is 1. The topological polar surface area (TPSA) is 88.1 Å². The average Bonchev–Trinajstić information content (AvgIpc) is 3.34. The van der Waals surface area contributed by atoms with Crippen LogP contribution in [-0.2, 0) is 14.3 Å². The summed E-state index contributed by atoms with van der Waals surface area (Å²) in [6.45, 7) is 1.37. The molecule has 1 atom stereocenters. The van der Waals surface area contributed by atoms with Gasteiger partial charge in [0, 0.05) is 24.1 Å². The van der Waals surface area contributed by atoms with E-state index in [0.717, 1.165) is 11.3 Å². The number of nitrogens with zero attached hydrogens (tertiary/aromatic N) is 2. The van der Waals surface area contributed by atoms with Crippen LogP contribution in [0.5, 0.6) is 0 Å². The third-order valence-electron chi connectivity index (χ3n) is 5.50. The zero-order chi connectivity index (χ0) is 23.9. The van der Waals surface area contributed by atoms with Crippen LogP contribution in [0, 0.1) is 0 Å². The maximum atomic E-state index is 12.8. The molecule has 0 spiro atoms. The molecule has 172 valence electrons. The van der Waals surface area contributed by atoms with Gasteiger partial charge in [-0.25, -0.2) is 4.79 Å². The SMILES string of the molecule is CCC(=O)Nc1ccc(C(=O)COC(=O)C2=NN(c3ccccc3)C(c3ccccc3)C2)cc1. The molecule has 0 aliphatic carbocycles. The van der Waals surface area contributed by atoms with Gasteiger partial charge in [0.1, 0.15) is 5.71 Å². The van der Waals surface area contributed by atoms with Crippen molar-refractivity contribution < 1.29 is 19.1 Å². The van der Waals surface area contributed by atoms with Crippen LogP contribution in [0.1, 0.15) is 41.7 Å². The second kappa shape index (κ2) is 10.6. The highest BCUT2D eigenvalue weighted by atomic mass is 16.5. The molecular formula is C27H25N3O4. The summed E-state index contributed by atoms with van der Waals surface area (Å²) in [5.41, 5.74) is 3.16. The van der Waals surface area contributed by atoms with Crippen LogP contribution >= 0.6 is 0 Å². The Morgan fingerprint density at radius 3 is 2.24 bits per heavy atom. The number of carbonyl (C=O) groups excluding carboxylic acids is 3. The van der Waals surface area contributed by atoms with Crippen molar-refractivity contribution in [3.8, 4) is 0 Å². The first-order valence-electron chi connectivity index (χ1n) is 11.1. The predicted molar refractivity (Wildman–Crippen MR) is 131 cm³/mol. The van der Waals surface area contributed by atoms with Crippen molar-refractivity contribution in [3.63, 3.8) is 0 Å². The summed E-state index contributed by atoms with van der Waals surface area (Å²) in [6.07, 6.45) is 0.741. The molecule has 1 aliphatic heterocycles. The molecule has 7 heteroatoms. The van der Waals surface area contributed by atoms with E-state index in [2.05, 4.69) is 10.4 Å². The van der Waals surface area contributed by atoms with Crippen molar-refractivity contribution in [2.24, 2.45) is 5.10 Å². The number of carbonyl (C=O) groups is 3. The summed E-state index contributed by atoms with van der Waals surface area (Å²) in [5, 5.41) is 9.08. The van der Waals surface area contributed by atoms with Crippen molar-refractivity contribution in [3.05, 3.63) is 96.1 Å². The lowest BCUT2D eigenvalue weighted by Crippen LogP contribution is -2.21. The molecule has 3 aromatic rings. The molecule has 0 aromatic heterocycles. The molecule has 1 amide bonds. The minimum atomic E-state index is -0.612. The number of nitrogens with one attached hydrogen (secondary N) is 1. The van der Waals surface area contributed by atoms with Crippen LogP contribution in [0.25, 0.3) is 0 Å². The second-order valence-corrected chi connectivity index (χ2v) is 7.84. The summed E-state index contributed by atoms with van der Waals surface area (Å²) in [4.78, 5) is 36.8. The summed E-state index contributed by atoms with van der Waals surface area (Å²) >= 11 is 0. The maximum Gasteiger partial charge on any atom is 0.355 e. The third kappa shape index (κ3) is 5.38. The lowest BCUT2D eigenvalue weighted by Gasteiger charge is -2.23. The van der Waals surface area contributed by atoms with E-state index < -0.39 is 5.97 Å². The summed E-state index contributed by atoms with van der Waals surface area (Å²) in [5.74, 6) is -1.05. The number of benzene rings is 3. The number of anilines is 2. The van der Waals surface area contributed by atoms with Crippen LogP contribution in [0.4, 0.5) is 11.4 Å². The van der Waals surface area contributed by atoms with Gasteiger partial charge in [-0.05, 0) is 42.0 Å². The van der Waals surface area contributed by atoms with Crippen LogP contribution < -0.4 is 10.3 Å². The van der Waals surface area contributed by atoms with Gasteiger partial charge in [0.05, 0.1) is 11.7 Å². The number of esters is 1. The highest BCUT2D eigenvalue weighted by Crippen LogP contribution is 2.35. The van der Waals surface area contributed by atoms with E-state index in [1.54, 1.807) is 31.2 Å². The van der Waals surface area contributed by atoms with E-state index in [9.17, 15) is 14.4 Å². The first kappa shape index (κ1) is 22.9. The van der Waals surface area contributed by atoms with Crippen LogP contribution in [0.3, 0.4) is 0 Å². The van der Waals surface area contributed by atoms with Crippen LogP contribution in [0.15, 0.2) is 90.0 Å². The quantitative estimate of drug-likeness (QED) is 0.391. The smallest absolute Gasteiger partial charge is 0.355 e. The van der Waals surface area contributed by atoms with Gasteiger partial charge in [-0.15, -0.1) is 0 Å². The molecule has 1 unspecified atom stereocenters. The minimum absolute atomic E-state index is 0.108. The number of hydrazone groups is 1. The van der Waals surface area contributed by atoms with Crippen molar-refractivity contribution in [1.82, 2.24) is 0 Å². The summed E-state index contributed by atoms with van der Waals surface area (Å²) < 4.78 is 5.31. The average molecular weight is 456 g/mol.